The molecular weight excluding hydrogens is 328 g/mol. The fourth-order valence-corrected chi connectivity index (χ4v) is 3.80. The van der Waals surface area contributed by atoms with Crippen LogP contribution in [0, 0.1) is 0 Å². The number of hydrogen-bond acceptors (Lipinski definition) is 2. The molecule has 2 aromatic carbocycles. The summed E-state index contributed by atoms with van der Waals surface area (Å²) in [6, 6.07) is 9.31. The first-order chi connectivity index (χ1) is 9.23. The Morgan fingerprint density at radius 3 is 2.05 bits per heavy atom. The number of hydrogen-bond donors (Lipinski definition) is 1. The van der Waals surface area contributed by atoms with Crippen LogP contribution >= 0.6 is 0 Å². The molecule has 0 aromatic heterocycles. The fraction of sp³-hybridized carbons (Fsp3) is 0.375. The minimum atomic E-state index is -4.26. The maximum Gasteiger partial charge on any atom is 0.295 e. The summed E-state index contributed by atoms with van der Waals surface area (Å²) < 4.78 is 33.5. The van der Waals surface area contributed by atoms with Gasteiger partial charge in [-0.2, -0.15) is 8.42 Å². The van der Waals surface area contributed by atoms with Crippen LogP contribution in [0.15, 0.2) is 35.2 Å². The van der Waals surface area contributed by atoms with Gasteiger partial charge in [0.15, 0.2) is 0 Å². The van der Waals surface area contributed by atoms with Crippen LogP contribution in [-0.4, -0.2) is 13.0 Å². The first-order valence-corrected chi connectivity index (χ1v) is 8.20. The first kappa shape index (κ1) is 18.2. The van der Waals surface area contributed by atoms with E-state index < -0.39 is 10.1 Å². The molecule has 0 aliphatic rings. The van der Waals surface area contributed by atoms with E-state index in [9.17, 15) is 13.0 Å². The summed E-state index contributed by atoms with van der Waals surface area (Å²) >= 11 is 0. The molecular formula is C16H20FeO3S. The molecule has 5 heteroatoms. The Hall–Kier alpha value is -0.871. The van der Waals surface area contributed by atoms with Crippen LogP contribution in [0.25, 0.3) is 10.8 Å². The summed E-state index contributed by atoms with van der Waals surface area (Å²) in [6.07, 6.45) is 0. The first-order valence-electron chi connectivity index (χ1n) is 6.76. The molecule has 0 atom stereocenters. The van der Waals surface area contributed by atoms with Crippen molar-refractivity contribution in [3.05, 3.63) is 41.5 Å². The number of rotatable bonds is 3. The molecule has 0 heterocycles. The molecule has 0 spiro atoms. The molecule has 0 aliphatic heterocycles. The summed E-state index contributed by atoms with van der Waals surface area (Å²) in [5.41, 5.74) is 1.70. The molecule has 0 saturated carbocycles. The normalized spacial score (nSPS) is 12.0. The Labute approximate surface area is 137 Å². The quantitative estimate of drug-likeness (QED) is 0.663. The van der Waals surface area contributed by atoms with Gasteiger partial charge in [0.1, 0.15) is 4.90 Å². The van der Waals surface area contributed by atoms with Gasteiger partial charge in [-0.15, -0.1) is 0 Å². The Morgan fingerprint density at radius 1 is 1.00 bits per heavy atom. The van der Waals surface area contributed by atoms with Crippen LogP contribution in [0.5, 0.6) is 0 Å². The van der Waals surface area contributed by atoms with E-state index in [2.05, 4.69) is 0 Å². The van der Waals surface area contributed by atoms with Gasteiger partial charge in [0.2, 0.25) is 0 Å². The Kier molecular flexibility index (Phi) is 5.62. The monoisotopic (exact) mass is 348 g/mol. The molecule has 21 heavy (non-hydrogen) atoms. The van der Waals surface area contributed by atoms with Crippen molar-refractivity contribution in [2.24, 2.45) is 0 Å². The Bertz CT molecular complexity index is 749. The van der Waals surface area contributed by atoms with E-state index >= 15 is 0 Å². The third-order valence-corrected chi connectivity index (χ3v) is 4.49. The number of benzene rings is 2. The Balaban J connectivity index is 0.00000220. The second-order valence-electron chi connectivity index (χ2n) is 5.71. The van der Waals surface area contributed by atoms with Gasteiger partial charge in [0.05, 0.1) is 0 Å². The summed E-state index contributed by atoms with van der Waals surface area (Å²) in [4.78, 5) is 0.0642. The molecule has 116 valence electrons. The third-order valence-electron chi connectivity index (χ3n) is 3.53. The molecule has 2 aromatic rings. The van der Waals surface area contributed by atoms with Gasteiger partial charge in [0, 0.05) is 22.5 Å². The molecule has 0 amide bonds. The molecule has 0 fully saturated rings. The third kappa shape index (κ3) is 3.49. The topological polar surface area (TPSA) is 54.4 Å². The zero-order valence-electron chi connectivity index (χ0n) is 12.6. The van der Waals surface area contributed by atoms with Crippen molar-refractivity contribution in [2.75, 3.05) is 0 Å². The zero-order valence-corrected chi connectivity index (χ0v) is 14.5. The summed E-state index contributed by atoms with van der Waals surface area (Å²) in [7, 11) is -4.26. The predicted molar refractivity (Wildman–Crippen MR) is 81.9 cm³/mol. The molecule has 0 aliphatic carbocycles. The molecule has 0 unspecified atom stereocenters. The van der Waals surface area contributed by atoms with E-state index in [-0.39, 0.29) is 33.8 Å². The second-order valence-corrected chi connectivity index (χ2v) is 7.07. The van der Waals surface area contributed by atoms with Crippen LogP contribution in [0.1, 0.15) is 50.7 Å². The van der Waals surface area contributed by atoms with E-state index in [0.29, 0.717) is 5.39 Å². The summed E-state index contributed by atoms with van der Waals surface area (Å²) in [5.74, 6) is 0.214. The van der Waals surface area contributed by atoms with E-state index in [1.165, 1.54) is 0 Å². The van der Waals surface area contributed by atoms with Gasteiger partial charge in [0.25, 0.3) is 10.1 Å². The van der Waals surface area contributed by atoms with E-state index in [0.717, 1.165) is 16.5 Å². The van der Waals surface area contributed by atoms with Crippen LogP contribution in [0.2, 0.25) is 0 Å². The van der Waals surface area contributed by atoms with Crippen molar-refractivity contribution < 1.29 is 30.0 Å². The fourth-order valence-electron chi connectivity index (χ4n) is 2.70. The summed E-state index contributed by atoms with van der Waals surface area (Å²) in [6.45, 7) is 7.96. The van der Waals surface area contributed by atoms with Crippen LogP contribution in [0.4, 0.5) is 0 Å². The van der Waals surface area contributed by atoms with Gasteiger partial charge in [-0.1, -0.05) is 58.0 Å². The second kappa shape index (κ2) is 6.49. The minimum Gasteiger partial charge on any atom is -0.282 e. The molecule has 1 N–H and O–H groups in total. The van der Waals surface area contributed by atoms with Crippen molar-refractivity contribution in [1.82, 2.24) is 0 Å². The van der Waals surface area contributed by atoms with E-state index in [4.69, 9.17) is 0 Å². The van der Waals surface area contributed by atoms with Gasteiger partial charge in [-0.05, 0) is 28.3 Å². The number of fused-ring (bicyclic) bond motifs is 1. The average molecular weight is 348 g/mol. The van der Waals surface area contributed by atoms with Crippen LogP contribution in [-0.2, 0) is 27.2 Å². The van der Waals surface area contributed by atoms with E-state index in [1.807, 2.05) is 45.9 Å². The maximum atomic E-state index is 11.9. The molecule has 2 rings (SSSR count). The van der Waals surface area contributed by atoms with Gasteiger partial charge < -0.3 is 0 Å². The zero-order chi connectivity index (χ0) is 15.1. The maximum absolute atomic E-state index is 11.9. The molecule has 0 radical (unpaired) electrons. The Morgan fingerprint density at radius 2 is 1.57 bits per heavy atom. The minimum absolute atomic E-state index is 0. The van der Waals surface area contributed by atoms with E-state index in [1.54, 1.807) is 12.1 Å². The van der Waals surface area contributed by atoms with Crippen molar-refractivity contribution in [3.8, 4) is 0 Å². The van der Waals surface area contributed by atoms with Crippen molar-refractivity contribution in [1.29, 1.82) is 0 Å². The van der Waals surface area contributed by atoms with Crippen LogP contribution in [0.3, 0.4) is 0 Å². The van der Waals surface area contributed by atoms with Gasteiger partial charge >= 0.3 is 0 Å². The van der Waals surface area contributed by atoms with Crippen LogP contribution < -0.4 is 0 Å². The van der Waals surface area contributed by atoms with Crippen molar-refractivity contribution in [3.63, 3.8) is 0 Å². The standard InChI is InChI=1S/C16H20O3S.Fe/c1-10(2)14-9-12-7-5-6-8-13(12)16(20(17,18)19)15(14)11(3)4;/h5-11H,1-4H3,(H,17,18,19);. The van der Waals surface area contributed by atoms with Gasteiger partial charge in [-0.25, -0.2) is 0 Å². The summed E-state index contributed by atoms with van der Waals surface area (Å²) in [5, 5.41) is 1.43. The van der Waals surface area contributed by atoms with Crippen molar-refractivity contribution in [2.45, 2.75) is 44.4 Å². The predicted octanol–water partition coefficient (Wildman–Crippen LogP) is 4.33. The molecule has 3 nitrogen and oxygen atoms in total. The SMILES string of the molecule is CC(C)c1cc2ccccc2c(S(=O)(=O)O)c1C(C)C.[Fe]. The largest absolute Gasteiger partial charge is 0.295 e. The molecule has 0 saturated heterocycles. The smallest absolute Gasteiger partial charge is 0.282 e. The van der Waals surface area contributed by atoms with Crippen molar-refractivity contribution >= 4 is 20.9 Å². The molecule has 0 bridgehead atoms. The average Bonchev–Trinajstić information content (AvgIpc) is 2.34. The van der Waals surface area contributed by atoms with Gasteiger partial charge in [-0.3, -0.25) is 4.55 Å².